The quantitative estimate of drug-likeness (QED) is 0.0263. The van der Waals surface area contributed by atoms with Gasteiger partial charge in [0.25, 0.3) is 0 Å². The molecule has 6 nitrogen and oxygen atoms in total. The van der Waals surface area contributed by atoms with Gasteiger partial charge < -0.3 is 14.2 Å². The van der Waals surface area contributed by atoms with Crippen LogP contribution >= 0.6 is 0 Å². The smallest absolute Gasteiger partial charge is 0.306 e. The van der Waals surface area contributed by atoms with Gasteiger partial charge in [-0.25, -0.2) is 0 Å². The van der Waals surface area contributed by atoms with Crippen molar-refractivity contribution in [2.75, 3.05) is 13.2 Å². The van der Waals surface area contributed by atoms with E-state index in [1.807, 2.05) is 0 Å². The van der Waals surface area contributed by atoms with Gasteiger partial charge in [0.2, 0.25) is 0 Å². The molecule has 0 spiro atoms. The van der Waals surface area contributed by atoms with Crippen molar-refractivity contribution < 1.29 is 28.6 Å². The maximum absolute atomic E-state index is 12.8. The lowest BCUT2D eigenvalue weighted by Crippen LogP contribution is -2.30. The topological polar surface area (TPSA) is 78.9 Å². The molecular weight excluding hydrogens is 733 g/mol. The van der Waals surface area contributed by atoms with E-state index >= 15 is 0 Å². The van der Waals surface area contributed by atoms with Gasteiger partial charge in [0.05, 0.1) is 0 Å². The summed E-state index contributed by atoms with van der Waals surface area (Å²) in [4.78, 5) is 37.9. The number of esters is 3. The van der Waals surface area contributed by atoms with Crippen molar-refractivity contribution in [2.24, 2.45) is 5.92 Å². The van der Waals surface area contributed by atoms with Gasteiger partial charge in [0.15, 0.2) is 6.10 Å². The van der Waals surface area contributed by atoms with Gasteiger partial charge in [-0.15, -0.1) is 0 Å². The van der Waals surface area contributed by atoms with Crippen LogP contribution in [0.25, 0.3) is 0 Å². The highest BCUT2D eigenvalue weighted by atomic mass is 16.6. The maximum atomic E-state index is 12.8. The molecule has 0 heterocycles. The molecule has 0 aliphatic carbocycles. The maximum Gasteiger partial charge on any atom is 0.306 e. The Kier molecular flexibility index (Phi) is 45.7. The van der Waals surface area contributed by atoms with E-state index in [9.17, 15) is 14.4 Å². The average molecular weight is 833 g/mol. The summed E-state index contributed by atoms with van der Waals surface area (Å²) in [6, 6.07) is 0. The van der Waals surface area contributed by atoms with Crippen LogP contribution in [0.15, 0.2) is 12.2 Å². The first-order valence-electron chi connectivity index (χ1n) is 26.0. The second-order valence-corrected chi connectivity index (χ2v) is 18.3. The molecule has 0 aliphatic rings. The lowest BCUT2D eigenvalue weighted by Gasteiger charge is -2.18. The minimum atomic E-state index is -0.767. The van der Waals surface area contributed by atoms with Gasteiger partial charge in [0, 0.05) is 19.3 Å². The SMILES string of the molecule is CCCCCCCCC=CCCCCCCCC(=O)OCC(COC(=O)CCCCCCCCCCCCCC)OC(=O)CCCCCCCCCCCCCC(C)C. The van der Waals surface area contributed by atoms with Crippen LogP contribution in [0.5, 0.6) is 0 Å². The van der Waals surface area contributed by atoms with E-state index in [2.05, 4.69) is 39.8 Å². The van der Waals surface area contributed by atoms with Crippen LogP contribution in [0.4, 0.5) is 0 Å². The van der Waals surface area contributed by atoms with E-state index in [1.165, 1.54) is 173 Å². The van der Waals surface area contributed by atoms with Crippen LogP contribution in [-0.2, 0) is 28.6 Å². The first-order valence-corrected chi connectivity index (χ1v) is 26.0. The highest BCUT2D eigenvalue weighted by molar-refractivity contribution is 5.71. The Morgan fingerprint density at radius 1 is 0.373 bits per heavy atom. The number of carbonyl (C=O) groups excluding carboxylic acids is 3. The predicted octanol–water partition coefficient (Wildman–Crippen LogP) is 16.8. The summed E-state index contributed by atoms with van der Waals surface area (Å²) in [6.45, 7) is 9.00. The van der Waals surface area contributed by atoms with Gasteiger partial charge >= 0.3 is 17.9 Å². The number of carbonyl (C=O) groups is 3. The molecule has 6 heteroatoms. The number of ether oxygens (including phenoxy) is 3. The molecule has 0 saturated heterocycles. The fourth-order valence-electron chi connectivity index (χ4n) is 7.74. The summed E-state index contributed by atoms with van der Waals surface area (Å²) in [5.74, 6) is -0.0393. The highest BCUT2D eigenvalue weighted by Gasteiger charge is 2.19. The normalized spacial score (nSPS) is 12.1. The largest absolute Gasteiger partial charge is 0.462 e. The number of rotatable bonds is 47. The number of hydrogen-bond donors (Lipinski definition) is 0. The third-order valence-corrected chi connectivity index (χ3v) is 11.7. The molecule has 0 fully saturated rings. The Labute approximate surface area is 367 Å². The average Bonchev–Trinajstić information content (AvgIpc) is 3.22. The van der Waals surface area contributed by atoms with E-state index in [-0.39, 0.29) is 31.1 Å². The summed E-state index contributed by atoms with van der Waals surface area (Å²) < 4.78 is 16.8. The highest BCUT2D eigenvalue weighted by Crippen LogP contribution is 2.16. The lowest BCUT2D eigenvalue weighted by molar-refractivity contribution is -0.167. The Balaban J connectivity index is 4.34. The second-order valence-electron chi connectivity index (χ2n) is 18.3. The minimum Gasteiger partial charge on any atom is -0.462 e. The molecule has 0 rings (SSSR count). The molecule has 0 amide bonds. The molecular formula is C53H100O6. The molecule has 0 radical (unpaired) electrons. The van der Waals surface area contributed by atoms with E-state index in [4.69, 9.17) is 14.2 Å². The molecule has 0 bridgehead atoms. The number of unbranched alkanes of at least 4 members (excludes halogenated alkanes) is 32. The number of allylic oxidation sites excluding steroid dienone is 2. The van der Waals surface area contributed by atoms with E-state index in [1.54, 1.807) is 0 Å². The molecule has 0 aromatic heterocycles. The van der Waals surface area contributed by atoms with Crippen LogP contribution in [0, 0.1) is 5.92 Å². The van der Waals surface area contributed by atoms with Crippen LogP contribution < -0.4 is 0 Å². The second kappa shape index (κ2) is 47.2. The van der Waals surface area contributed by atoms with E-state index in [0.717, 1.165) is 70.1 Å². The van der Waals surface area contributed by atoms with Gasteiger partial charge in [-0.2, -0.15) is 0 Å². The summed E-state index contributed by atoms with van der Waals surface area (Å²) >= 11 is 0. The van der Waals surface area contributed by atoms with Crippen molar-refractivity contribution in [3.05, 3.63) is 12.2 Å². The molecule has 0 aromatic rings. The van der Waals surface area contributed by atoms with Crippen molar-refractivity contribution in [3.8, 4) is 0 Å². The molecule has 0 saturated carbocycles. The van der Waals surface area contributed by atoms with Crippen LogP contribution in [0.2, 0.25) is 0 Å². The van der Waals surface area contributed by atoms with Crippen molar-refractivity contribution in [1.82, 2.24) is 0 Å². The summed E-state index contributed by atoms with van der Waals surface area (Å²) in [5.41, 5.74) is 0. The van der Waals surface area contributed by atoms with Crippen LogP contribution in [0.3, 0.4) is 0 Å². The first kappa shape index (κ1) is 57.1. The molecule has 0 aliphatic heterocycles. The summed E-state index contributed by atoms with van der Waals surface area (Å²) in [7, 11) is 0. The molecule has 59 heavy (non-hydrogen) atoms. The van der Waals surface area contributed by atoms with Crippen LogP contribution in [0.1, 0.15) is 285 Å². The standard InChI is InChI=1S/C53H100O6/c1-5-7-9-11-13-15-17-19-20-21-25-29-33-37-41-45-52(55)58-48-50(47-57-51(54)44-40-36-32-28-24-18-16-14-12-10-8-6-2)59-53(56)46-42-38-34-30-26-22-23-27-31-35-39-43-49(3)4/h19-20,49-50H,5-18,21-48H2,1-4H3. The Hall–Kier alpha value is -1.85. The van der Waals surface area contributed by atoms with Gasteiger partial charge in [-0.1, -0.05) is 232 Å². The molecule has 348 valence electrons. The lowest BCUT2D eigenvalue weighted by atomic mass is 10.0. The molecule has 0 N–H and O–H groups in total. The molecule has 0 aromatic carbocycles. The summed E-state index contributed by atoms with van der Waals surface area (Å²) in [6.07, 6.45) is 50.5. The number of hydrogen-bond acceptors (Lipinski definition) is 6. The van der Waals surface area contributed by atoms with Gasteiger partial charge in [-0.05, 0) is 50.9 Å². The molecule has 1 unspecified atom stereocenters. The third kappa shape index (κ3) is 47.1. The molecule has 1 atom stereocenters. The Morgan fingerprint density at radius 3 is 1.00 bits per heavy atom. The van der Waals surface area contributed by atoms with Gasteiger partial charge in [-0.3, -0.25) is 14.4 Å². The fourth-order valence-corrected chi connectivity index (χ4v) is 7.74. The van der Waals surface area contributed by atoms with E-state index in [0.29, 0.717) is 19.3 Å². The zero-order valence-electron chi connectivity index (χ0n) is 40.0. The zero-order valence-corrected chi connectivity index (χ0v) is 40.0. The van der Waals surface area contributed by atoms with Crippen molar-refractivity contribution >= 4 is 17.9 Å². The third-order valence-electron chi connectivity index (χ3n) is 11.7. The zero-order chi connectivity index (χ0) is 43.1. The fraction of sp³-hybridized carbons (Fsp3) is 0.906. The first-order chi connectivity index (χ1) is 28.9. The van der Waals surface area contributed by atoms with Crippen molar-refractivity contribution in [3.63, 3.8) is 0 Å². The summed E-state index contributed by atoms with van der Waals surface area (Å²) in [5, 5.41) is 0. The Morgan fingerprint density at radius 2 is 0.661 bits per heavy atom. The predicted molar refractivity (Wildman–Crippen MR) is 252 cm³/mol. The van der Waals surface area contributed by atoms with E-state index < -0.39 is 6.10 Å². The minimum absolute atomic E-state index is 0.0682. The Bertz CT molecular complexity index is 929. The van der Waals surface area contributed by atoms with Gasteiger partial charge in [0.1, 0.15) is 13.2 Å². The van der Waals surface area contributed by atoms with Crippen molar-refractivity contribution in [1.29, 1.82) is 0 Å². The monoisotopic (exact) mass is 833 g/mol. The van der Waals surface area contributed by atoms with Crippen molar-refractivity contribution in [2.45, 2.75) is 291 Å². The van der Waals surface area contributed by atoms with Crippen LogP contribution in [-0.4, -0.2) is 37.2 Å².